The predicted molar refractivity (Wildman–Crippen MR) is 70.2 cm³/mol. The maximum Gasteiger partial charge on any atom is 0.227 e. The molecule has 0 aromatic heterocycles. The lowest BCUT2D eigenvalue weighted by Crippen LogP contribution is -2.44. The van der Waals surface area contributed by atoms with Crippen LogP contribution in [-0.4, -0.2) is 26.0 Å². The highest BCUT2D eigenvalue weighted by molar-refractivity contribution is 5.93. The maximum atomic E-state index is 12.0. The van der Waals surface area contributed by atoms with Gasteiger partial charge in [-0.15, -0.1) is 0 Å². The van der Waals surface area contributed by atoms with Crippen molar-refractivity contribution in [3.63, 3.8) is 0 Å². The Morgan fingerprint density at radius 3 is 2.47 bits per heavy atom. The number of hydrogen-bond acceptors (Lipinski definition) is 2. The standard InChI is InChI=1S/C14H20N2O/c1-3-11-4-6-13(7-5-11)16(2)14(17)8-12-9-15-10-12/h4-7,12,15H,3,8-10H2,1-2H3. The Morgan fingerprint density at radius 2 is 2.00 bits per heavy atom. The summed E-state index contributed by atoms with van der Waals surface area (Å²) in [7, 11) is 1.86. The van der Waals surface area contributed by atoms with E-state index in [2.05, 4.69) is 24.4 Å². The fourth-order valence-electron chi connectivity index (χ4n) is 1.98. The van der Waals surface area contributed by atoms with Gasteiger partial charge in [0.15, 0.2) is 0 Å². The van der Waals surface area contributed by atoms with Gasteiger partial charge in [-0.3, -0.25) is 4.79 Å². The van der Waals surface area contributed by atoms with Crippen LogP contribution in [0.4, 0.5) is 5.69 Å². The van der Waals surface area contributed by atoms with Gasteiger partial charge in [0.05, 0.1) is 0 Å². The van der Waals surface area contributed by atoms with Crippen LogP contribution in [0.2, 0.25) is 0 Å². The van der Waals surface area contributed by atoms with Crippen molar-refractivity contribution in [3.8, 4) is 0 Å². The van der Waals surface area contributed by atoms with Gasteiger partial charge >= 0.3 is 0 Å². The molecule has 3 heteroatoms. The third-order valence-corrected chi connectivity index (χ3v) is 3.44. The number of aryl methyl sites for hydroxylation is 1. The number of rotatable bonds is 4. The fourth-order valence-corrected chi connectivity index (χ4v) is 1.98. The molecule has 1 amide bonds. The summed E-state index contributed by atoms with van der Waals surface area (Å²) in [6.45, 7) is 4.09. The van der Waals surface area contributed by atoms with Gasteiger partial charge in [0.1, 0.15) is 0 Å². The second-order valence-corrected chi connectivity index (χ2v) is 4.70. The number of hydrogen-bond donors (Lipinski definition) is 1. The van der Waals surface area contributed by atoms with E-state index in [9.17, 15) is 4.79 Å². The third-order valence-electron chi connectivity index (χ3n) is 3.44. The SMILES string of the molecule is CCc1ccc(N(C)C(=O)CC2CNC2)cc1. The van der Waals surface area contributed by atoms with E-state index in [1.165, 1.54) is 5.56 Å². The molecule has 1 fully saturated rings. The summed E-state index contributed by atoms with van der Waals surface area (Å²) in [5, 5.41) is 3.19. The van der Waals surface area contributed by atoms with Crippen molar-refractivity contribution < 1.29 is 4.79 Å². The van der Waals surface area contributed by atoms with Crippen molar-refractivity contribution in [2.45, 2.75) is 19.8 Å². The van der Waals surface area contributed by atoms with E-state index in [1.807, 2.05) is 19.2 Å². The van der Waals surface area contributed by atoms with E-state index in [-0.39, 0.29) is 5.91 Å². The van der Waals surface area contributed by atoms with Crippen molar-refractivity contribution in [1.29, 1.82) is 0 Å². The van der Waals surface area contributed by atoms with Crippen LogP contribution in [0.1, 0.15) is 18.9 Å². The van der Waals surface area contributed by atoms with Gasteiger partial charge in [0.25, 0.3) is 0 Å². The molecule has 0 spiro atoms. The molecule has 0 saturated carbocycles. The average Bonchev–Trinajstić information content (AvgIpc) is 2.32. The van der Waals surface area contributed by atoms with Gasteiger partial charge in [0.2, 0.25) is 5.91 Å². The summed E-state index contributed by atoms with van der Waals surface area (Å²) < 4.78 is 0. The highest BCUT2D eigenvalue weighted by Crippen LogP contribution is 2.17. The molecule has 1 aliphatic heterocycles. The van der Waals surface area contributed by atoms with Gasteiger partial charge < -0.3 is 10.2 Å². The van der Waals surface area contributed by atoms with Gasteiger partial charge in [0, 0.05) is 19.2 Å². The Morgan fingerprint density at radius 1 is 1.35 bits per heavy atom. The van der Waals surface area contributed by atoms with Gasteiger partial charge in [-0.1, -0.05) is 19.1 Å². The maximum absolute atomic E-state index is 12.0. The summed E-state index contributed by atoms with van der Waals surface area (Å²) in [6.07, 6.45) is 1.69. The minimum Gasteiger partial charge on any atom is -0.316 e. The molecule has 3 nitrogen and oxygen atoms in total. The second-order valence-electron chi connectivity index (χ2n) is 4.70. The minimum atomic E-state index is 0.209. The molecule has 0 bridgehead atoms. The molecule has 1 aliphatic rings. The molecule has 1 aromatic rings. The summed E-state index contributed by atoms with van der Waals surface area (Å²) in [4.78, 5) is 13.8. The second kappa shape index (κ2) is 5.32. The zero-order chi connectivity index (χ0) is 12.3. The molecule has 92 valence electrons. The summed E-state index contributed by atoms with van der Waals surface area (Å²) in [5.41, 5.74) is 2.29. The van der Waals surface area contributed by atoms with Crippen LogP contribution in [0, 0.1) is 5.92 Å². The Labute approximate surface area is 103 Å². The molecule has 0 unspecified atom stereocenters. The fraction of sp³-hybridized carbons (Fsp3) is 0.500. The molecule has 1 aromatic carbocycles. The topological polar surface area (TPSA) is 32.3 Å². The normalized spacial score (nSPS) is 15.4. The first kappa shape index (κ1) is 12.1. The molecule has 1 heterocycles. The number of nitrogens with one attached hydrogen (secondary N) is 1. The van der Waals surface area contributed by atoms with Crippen LogP contribution < -0.4 is 10.2 Å². The van der Waals surface area contributed by atoms with E-state index in [1.54, 1.807) is 4.90 Å². The third kappa shape index (κ3) is 2.86. The molecule has 1 N–H and O–H groups in total. The van der Waals surface area contributed by atoms with Crippen LogP contribution in [0.15, 0.2) is 24.3 Å². The number of carbonyl (C=O) groups excluding carboxylic acids is 1. The first-order chi connectivity index (χ1) is 8.20. The van der Waals surface area contributed by atoms with Crippen LogP contribution in [0.3, 0.4) is 0 Å². The summed E-state index contributed by atoms with van der Waals surface area (Å²) >= 11 is 0. The van der Waals surface area contributed by atoms with E-state index in [4.69, 9.17) is 0 Å². The van der Waals surface area contributed by atoms with E-state index in [0.717, 1.165) is 25.2 Å². The Bertz CT molecular complexity index is 382. The zero-order valence-electron chi connectivity index (χ0n) is 10.6. The first-order valence-electron chi connectivity index (χ1n) is 6.27. The first-order valence-corrected chi connectivity index (χ1v) is 6.27. The molecule has 0 aliphatic carbocycles. The lowest BCUT2D eigenvalue weighted by Gasteiger charge is -2.28. The smallest absolute Gasteiger partial charge is 0.227 e. The number of benzene rings is 1. The number of nitrogens with zero attached hydrogens (tertiary/aromatic N) is 1. The van der Waals surface area contributed by atoms with E-state index < -0.39 is 0 Å². The van der Waals surface area contributed by atoms with Crippen LogP contribution in [0.25, 0.3) is 0 Å². The highest BCUT2D eigenvalue weighted by atomic mass is 16.2. The highest BCUT2D eigenvalue weighted by Gasteiger charge is 2.22. The quantitative estimate of drug-likeness (QED) is 0.859. The molecule has 1 saturated heterocycles. The largest absolute Gasteiger partial charge is 0.316 e. The zero-order valence-corrected chi connectivity index (χ0v) is 10.6. The van der Waals surface area contributed by atoms with Crippen molar-refractivity contribution in [3.05, 3.63) is 29.8 Å². The number of carbonyl (C=O) groups is 1. The molecular formula is C14H20N2O. The molecule has 2 rings (SSSR count). The van der Waals surface area contributed by atoms with Crippen molar-refractivity contribution in [1.82, 2.24) is 5.32 Å². The van der Waals surface area contributed by atoms with E-state index in [0.29, 0.717) is 12.3 Å². The number of amides is 1. The van der Waals surface area contributed by atoms with Crippen molar-refractivity contribution in [2.24, 2.45) is 5.92 Å². The van der Waals surface area contributed by atoms with Crippen molar-refractivity contribution in [2.75, 3.05) is 25.0 Å². The van der Waals surface area contributed by atoms with Gasteiger partial charge in [-0.2, -0.15) is 0 Å². The lowest BCUT2D eigenvalue weighted by atomic mass is 9.98. The van der Waals surface area contributed by atoms with Gasteiger partial charge in [-0.25, -0.2) is 0 Å². The summed E-state index contributed by atoms with van der Waals surface area (Å²) in [6, 6.07) is 8.22. The monoisotopic (exact) mass is 232 g/mol. The Balaban J connectivity index is 1.96. The van der Waals surface area contributed by atoms with E-state index >= 15 is 0 Å². The Kier molecular flexibility index (Phi) is 3.79. The van der Waals surface area contributed by atoms with Crippen LogP contribution >= 0.6 is 0 Å². The lowest BCUT2D eigenvalue weighted by molar-refractivity contribution is -0.119. The molecule has 17 heavy (non-hydrogen) atoms. The predicted octanol–water partition coefficient (Wildman–Crippen LogP) is 1.82. The molecule has 0 radical (unpaired) electrons. The van der Waals surface area contributed by atoms with Crippen LogP contribution in [0.5, 0.6) is 0 Å². The Hall–Kier alpha value is -1.35. The van der Waals surface area contributed by atoms with Gasteiger partial charge in [-0.05, 0) is 43.1 Å². The molecule has 0 atom stereocenters. The number of anilines is 1. The van der Waals surface area contributed by atoms with Crippen molar-refractivity contribution >= 4 is 11.6 Å². The minimum absolute atomic E-state index is 0.209. The molecular weight excluding hydrogens is 212 g/mol. The average molecular weight is 232 g/mol. The summed E-state index contributed by atoms with van der Waals surface area (Å²) in [5.74, 6) is 0.737. The van der Waals surface area contributed by atoms with Crippen LogP contribution in [-0.2, 0) is 11.2 Å².